The Morgan fingerprint density at radius 1 is 1.19 bits per heavy atom. The highest BCUT2D eigenvalue weighted by Gasteiger charge is 2.04. The molecule has 0 aliphatic rings. The van der Waals surface area contributed by atoms with Crippen LogP contribution in [0.1, 0.15) is 24.5 Å². The number of hydrogen-bond donors (Lipinski definition) is 1. The van der Waals surface area contributed by atoms with Gasteiger partial charge in [-0.2, -0.15) is 5.26 Å². The second-order valence-corrected chi connectivity index (χ2v) is 5.12. The van der Waals surface area contributed by atoms with E-state index in [1.54, 1.807) is 7.11 Å². The molecule has 2 aromatic carbocycles. The van der Waals surface area contributed by atoms with Crippen LogP contribution in [0.2, 0.25) is 0 Å². The lowest BCUT2D eigenvalue weighted by molar-refractivity contribution is 0.414. The Balaban J connectivity index is 1.86. The molecule has 1 unspecified atom stereocenters. The summed E-state index contributed by atoms with van der Waals surface area (Å²) in [7, 11) is 1.68. The summed E-state index contributed by atoms with van der Waals surface area (Å²) in [6.45, 7) is 2.16. The van der Waals surface area contributed by atoms with Crippen LogP contribution in [0.25, 0.3) is 0 Å². The van der Waals surface area contributed by atoms with Gasteiger partial charge in [-0.1, -0.05) is 18.2 Å². The van der Waals surface area contributed by atoms with Crippen molar-refractivity contribution >= 4 is 5.69 Å². The number of rotatable bonds is 6. The van der Waals surface area contributed by atoms with Gasteiger partial charge in [0.2, 0.25) is 0 Å². The quantitative estimate of drug-likeness (QED) is 0.870. The Labute approximate surface area is 126 Å². The van der Waals surface area contributed by atoms with Crippen molar-refractivity contribution < 1.29 is 4.74 Å². The number of aryl methyl sites for hydroxylation is 1. The molecule has 0 aliphatic carbocycles. The number of hydrogen-bond acceptors (Lipinski definition) is 3. The van der Waals surface area contributed by atoms with Crippen molar-refractivity contribution in [2.75, 3.05) is 12.4 Å². The fourth-order valence-corrected chi connectivity index (χ4v) is 2.21. The maximum absolute atomic E-state index is 8.90. The molecule has 2 aromatic rings. The SMILES string of the molecule is COc1ccc(CCC(C)Nc2cccc(C#N)c2)cc1. The van der Waals surface area contributed by atoms with Crippen LogP contribution >= 0.6 is 0 Å². The lowest BCUT2D eigenvalue weighted by Gasteiger charge is -2.15. The van der Waals surface area contributed by atoms with E-state index in [0.29, 0.717) is 11.6 Å². The summed E-state index contributed by atoms with van der Waals surface area (Å²) in [4.78, 5) is 0. The van der Waals surface area contributed by atoms with E-state index in [1.807, 2.05) is 36.4 Å². The zero-order chi connectivity index (χ0) is 15.1. The molecule has 0 saturated heterocycles. The second-order valence-electron chi connectivity index (χ2n) is 5.12. The maximum atomic E-state index is 8.90. The molecular weight excluding hydrogens is 260 g/mol. The molecule has 0 bridgehead atoms. The molecule has 108 valence electrons. The Morgan fingerprint density at radius 2 is 1.95 bits per heavy atom. The Kier molecular flexibility index (Phi) is 5.22. The topological polar surface area (TPSA) is 45.0 Å². The van der Waals surface area contributed by atoms with Gasteiger partial charge in [0, 0.05) is 11.7 Å². The van der Waals surface area contributed by atoms with Crippen LogP contribution in [0.15, 0.2) is 48.5 Å². The summed E-state index contributed by atoms with van der Waals surface area (Å²) in [5.74, 6) is 0.887. The van der Waals surface area contributed by atoms with Gasteiger partial charge in [0.05, 0.1) is 18.7 Å². The third-order valence-corrected chi connectivity index (χ3v) is 3.43. The Bertz CT molecular complexity index is 614. The van der Waals surface area contributed by atoms with E-state index in [1.165, 1.54) is 5.56 Å². The van der Waals surface area contributed by atoms with E-state index in [0.717, 1.165) is 24.3 Å². The molecule has 1 N–H and O–H groups in total. The van der Waals surface area contributed by atoms with E-state index in [-0.39, 0.29) is 0 Å². The summed E-state index contributed by atoms with van der Waals surface area (Å²) < 4.78 is 5.16. The van der Waals surface area contributed by atoms with Crippen molar-refractivity contribution in [2.45, 2.75) is 25.8 Å². The Hall–Kier alpha value is -2.47. The Morgan fingerprint density at radius 3 is 2.62 bits per heavy atom. The van der Waals surface area contributed by atoms with E-state index in [9.17, 15) is 0 Å². The molecule has 3 nitrogen and oxygen atoms in total. The van der Waals surface area contributed by atoms with Crippen molar-refractivity contribution in [1.82, 2.24) is 0 Å². The van der Waals surface area contributed by atoms with Crippen molar-refractivity contribution in [2.24, 2.45) is 0 Å². The summed E-state index contributed by atoms with van der Waals surface area (Å²) in [5.41, 5.74) is 2.98. The number of nitrogens with zero attached hydrogens (tertiary/aromatic N) is 1. The van der Waals surface area contributed by atoms with Gasteiger partial charge in [0.25, 0.3) is 0 Å². The highest BCUT2D eigenvalue weighted by Crippen LogP contribution is 2.16. The smallest absolute Gasteiger partial charge is 0.118 e. The zero-order valence-electron chi connectivity index (χ0n) is 12.5. The summed E-state index contributed by atoms with van der Waals surface area (Å²) in [6.07, 6.45) is 2.04. The minimum Gasteiger partial charge on any atom is -0.497 e. The highest BCUT2D eigenvalue weighted by molar-refractivity contribution is 5.49. The van der Waals surface area contributed by atoms with Crippen LogP contribution in [-0.4, -0.2) is 13.2 Å². The first-order chi connectivity index (χ1) is 10.2. The van der Waals surface area contributed by atoms with Gasteiger partial charge in [-0.25, -0.2) is 0 Å². The van der Waals surface area contributed by atoms with Gasteiger partial charge >= 0.3 is 0 Å². The minimum absolute atomic E-state index is 0.348. The molecule has 0 fully saturated rings. The van der Waals surface area contributed by atoms with Crippen LogP contribution in [0.4, 0.5) is 5.69 Å². The van der Waals surface area contributed by atoms with Gasteiger partial charge in [-0.15, -0.1) is 0 Å². The number of anilines is 1. The molecule has 0 radical (unpaired) electrons. The monoisotopic (exact) mass is 280 g/mol. The average Bonchev–Trinajstić information content (AvgIpc) is 2.53. The van der Waals surface area contributed by atoms with Crippen molar-refractivity contribution in [3.05, 3.63) is 59.7 Å². The van der Waals surface area contributed by atoms with Gasteiger partial charge in [0.15, 0.2) is 0 Å². The third-order valence-electron chi connectivity index (χ3n) is 3.43. The fraction of sp³-hybridized carbons (Fsp3) is 0.278. The predicted molar refractivity (Wildman–Crippen MR) is 85.6 cm³/mol. The molecule has 0 saturated carbocycles. The van der Waals surface area contributed by atoms with Gasteiger partial charge < -0.3 is 10.1 Å². The molecule has 21 heavy (non-hydrogen) atoms. The van der Waals surface area contributed by atoms with Crippen molar-refractivity contribution in [3.8, 4) is 11.8 Å². The average molecular weight is 280 g/mol. The molecule has 0 aromatic heterocycles. The number of nitrogens with one attached hydrogen (secondary N) is 1. The summed E-state index contributed by atoms with van der Waals surface area (Å²) >= 11 is 0. The molecule has 3 heteroatoms. The van der Waals surface area contributed by atoms with Crippen molar-refractivity contribution in [3.63, 3.8) is 0 Å². The van der Waals surface area contributed by atoms with E-state index < -0.39 is 0 Å². The molecule has 0 heterocycles. The van der Waals surface area contributed by atoms with Crippen LogP contribution in [-0.2, 0) is 6.42 Å². The molecular formula is C18H20N2O. The molecule has 0 spiro atoms. The fourth-order valence-electron chi connectivity index (χ4n) is 2.21. The lowest BCUT2D eigenvalue weighted by atomic mass is 10.1. The standard InChI is InChI=1S/C18H20N2O/c1-14(20-17-5-3-4-16(12-17)13-19)6-7-15-8-10-18(21-2)11-9-15/h3-5,8-12,14,20H,6-7H2,1-2H3. The molecule has 0 amide bonds. The summed E-state index contributed by atoms with van der Waals surface area (Å²) in [5, 5.41) is 12.3. The zero-order valence-corrected chi connectivity index (χ0v) is 12.5. The van der Waals surface area contributed by atoms with Crippen LogP contribution in [0.3, 0.4) is 0 Å². The number of nitriles is 1. The highest BCUT2D eigenvalue weighted by atomic mass is 16.5. The lowest BCUT2D eigenvalue weighted by Crippen LogP contribution is -2.16. The first-order valence-corrected chi connectivity index (χ1v) is 7.11. The largest absolute Gasteiger partial charge is 0.497 e. The van der Waals surface area contributed by atoms with Crippen LogP contribution in [0, 0.1) is 11.3 Å². The van der Waals surface area contributed by atoms with Crippen molar-refractivity contribution in [1.29, 1.82) is 5.26 Å². The van der Waals surface area contributed by atoms with E-state index in [2.05, 4.69) is 30.4 Å². The minimum atomic E-state index is 0.348. The second kappa shape index (κ2) is 7.35. The predicted octanol–water partition coefficient (Wildman–Crippen LogP) is 4.00. The first-order valence-electron chi connectivity index (χ1n) is 7.11. The number of ether oxygens (including phenoxy) is 1. The van der Waals surface area contributed by atoms with Gasteiger partial charge in [-0.3, -0.25) is 0 Å². The number of benzene rings is 2. The third kappa shape index (κ3) is 4.54. The molecule has 2 rings (SSSR count). The molecule has 0 aliphatic heterocycles. The van der Waals surface area contributed by atoms with Crippen LogP contribution in [0.5, 0.6) is 5.75 Å². The maximum Gasteiger partial charge on any atom is 0.118 e. The summed E-state index contributed by atoms with van der Waals surface area (Å²) in [6, 6.07) is 18.3. The van der Waals surface area contributed by atoms with Crippen LogP contribution < -0.4 is 10.1 Å². The normalized spacial score (nSPS) is 11.5. The molecule has 1 atom stereocenters. The van der Waals surface area contributed by atoms with E-state index in [4.69, 9.17) is 10.00 Å². The number of methoxy groups -OCH3 is 1. The van der Waals surface area contributed by atoms with Gasteiger partial charge in [0.1, 0.15) is 5.75 Å². The first kappa shape index (κ1) is 14.9. The van der Waals surface area contributed by atoms with Gasteiger partial charge in [-0.05, 0) is 55.7 Å². The van der Waals surface area contributed by atoms with E-state index >= 15 is 0 Å².